The zero-order valence-electron chi connectivity index (χ0n) is 27.1. The van der Waals surface area contributed by atoms with Gasteiger partial charge in [-0.2, -0.15) is 0 Å². The predicted octanol–water partition coefficient (Wildman–Crippen LogP) is 7.48. The first-order valence-electron chi connectivity index (χ1n) is 15.7. The third kappa shape index (κ3) is 7.07. The normalized spacial score (nSPS) is 13.2. The first-order valence-corrected chi connectivity index (χ1v) is 16.1. The summed E-state index contributed by atoms with van der Waals surface area (Å²) < 4.78 is 18.3. The van der Waals surface area contributed by atoms with Crippen LogP contribution >= 0.6 is 11.6 Å². The third-order valence-corrected chi connectivity index (χ3v) is 8.97. The van der Waals surface area contributed by atoms with E-state index in [9.17, 15) is 9.59 Å². The molecule has 6 rings (SSSR count). The van der Waals surface area contributed by atoms with Crippen molar-refractivity contribution >= 4 is 29.0 Å². The minimum absolute atomic E-state index is 0.0383. The Balaban J connectivity index is 1.29. The van der Waals surface area contributed by atoms with Crippen LogP contribution in [0.3, 0.4) is 0 Å². The average Bonchev–Trinajstić information content (AvgIpc) is 3.10. The van der Waals surface area contributed by atoms with Crippen LogP contribution in [-0.4, -0.2) is 42.9 Å². The molecule has 3 N–H and O–H groups in total. The zero-order valence-corrected chi connectivity index (χ0v) is 27.8. The molecule has 9 nitrogen and oxygen atoms in total. The van der Waals surface area contributed by atoms with E-state index in [-0.39, 0.29) is 16.0 Å². The van der Waals surface area contributed by atoms with Crippen molar-refractivity contribution in [1.29, 1.82) is 0 Å². The van der Waals surface area contributed by atoms with Gasteiger partial charge in [-0.1, -0.05) is 53.6 Å². The van der Waals surface area contributed by atoms with Crippen molar-refractivity contribution in [2.45, 2.75) is 26.3 Å². The maximum absolute atomic E-state index is 13.8. The van der Waals surface area contributed by atoms with E-state index >= 15 is 0 Å². The molecule has 48 heavy (non-hydrogen) atoms. The Kier molecular flexibility index (Phi) is 9.80. The number of rotatable bonds is 9. The minimum Gasteiger partial charge on any atom is -0.493 e. The number of aryl methyl sites for hydroxylation is 1. The lowest BCUT2D eigenvalue weighted by atomic mass is 9.99. The molecule has 1 saturated heterocycles. The number of hydrogen-bond acceptors (Lipinski definition) is 7. The van der Waals surface area contributed by atoms with Gasteiger partial charge < -0.3 is 29.8 Å². The Morgan fingerprint density at radius 1 is 0.917 bits per heavy atom. The van der Waals surface area contributed by atoms with Gasteiger partial charge in [0.2, 0.25) is 5.43 Å². The molecule has 0 atom stereocenters. The lowest BCUT2D eigenvalue weighted by molar-refractivity contribution is 0.0612. The van der Waals surface area contributed by atoms with Crippen LogP contribution in [0.5, 0.6) is 11.5 Å². The van der Waals surface area contributed by atoms with Gasteiger partial charge in [0.15, 0.2) is 11.5 Å². The largest absolute Gasteiger partial charge is 0.493 e. The van der Waals surface area contributed by atoms with E-state index in [4.69, 9.17) is 31.5 Å². The number of benzene rings is 3. The van der Waals surface area contributed by atoms with Crippen LogP contribution in [0.1, 0.15) is 28.8 Å². The Bertz CT molecular complexity index is 2020. The topological polar surface area (TPSA) is 118 Å². The van der Waals surface area contributed by atoms with Crippen molar-refractivity contribution in [2.24, 2.45) is 5.92 Å². The number of ether oxygens (including phenoxy) is 3. The van der Waals surface area contributed by atoms with Crippen LogP contribution in [0.15, 0.2) is 90.1 Å². The molecular weight excluding hydrogens is 628 g/mol. The summed E-state index contributed by atoms with van der Waals surface area (Å²) in [6.45, 7) is 4.08. The quantitative estimate of drug-likeness (QED) is 0.168. The van der Waals surface area contributed by atoms with Gasteiger partial charge in [0.25, 0.3) is 5.91 Å². The van der Waals surface area contributed by atoms with Gasteiger partial charge in [0.1, 0.15) is 11.4 Å². The number of amides is 1. The van der Waals surface area contributed by atoms with Gasteiger partial charge in [0.05, 0.1) is 24.9 Å². The summed E-state index contributed by atoms with van der Waals surface area (Å²) in [5.74, 6) is 1.38. The molecule has 1 aliphatic heterocycles. The number of hydrogen-bond donors (Lipinski definition) is 2. The predicted molar refractivity (Wildman–Crippen MR) is 190 cm³/mol. The average molecular weight is 665 g/mol. The van der Waals surface area contributed by atoms with E-state index in [0.717, 1.165) is 35.1 Å². The Labute approximate surface area is 284 Å². The maximum atomic E-state index is 13.8. The Hall–Kier alpha value is -5.12. The van der Waals surface area contributed by atoms with E-state index in [1.165, 1.54) is 0 Å². The van der Waals surface area contributed by atoms with E-state index in [2.05, 4.69) is 10.3 Å². The van der Waals surface area contributed by atoms with E-state index in [0.29, 0.717) is 65.4 Å². The first kappa shape index (κ1) is 32.8. The highest BCUT2D eigenvalue weighted by molar-refractivity contribution is 6.34. The lowest BCUT2D eigenvalue weighted by Crippen LogP contribution is -2.26. The second-order valence-electron chi connectivity index (χ2n) is 11.9. The van der Waals surface area contributed by atoms with Crippen molar-refractivity contribution in [1.82, 2.24) is 9.55 Å². The Morgan fingerprint density at radius 2 is 1.62 bits per heavy atom. The summed E-state index contributed by atoms with van der Waals surface area (Å²) in [5.41, 5.74) is 11.7. The second kappa shape index (κ2) is 14.3. The number of aromatic nitrogens is 2. The lowest BCUT2D eigenvalue weighted by Gasteiger charge is -2.23. The molecule has 0 unspecified atom stereocenters. The van der Waals surface area contributed by atoms with Crippen molar-refractivity contribution in [3.05, 3.63) is 112 Å². The van der Waals surface area contributed by atoms with Crippen LogP contribution in [0.25, 0.3) is 33.4 Å². The smallest absolute Gasteiger partial charge is 0.261 e. The summed E-state index contributed by atoms with van der Waals surface area (Å²) in [5, 5.41) is 3.15. The minimum atomic E-state index is -0.541. The molecule has 3 heterocycles. The van der Waals surface area contributed by atoms with Gasteiger partial charge in [-0.25, -0.2) is 4.98 Å². The van der Waals surface area contributed by atoms with Crippen LogP contribution in [0.2, 0.25) is 5.02 Å². The van der Waals surface area contributed by atoms with Gasteiger partial charge in [0, 0.05) is 55.0 Å². The standard InChI is InChI=1S/C38H37ClN4O5/c1-23-4-6-25(7-5-23)30-21-43(20-24-12-14-48-15-13-24)22-31(36(30)44)38(45)42-33-10-8-27(17-32(33)39)29-16-28(19-41-37(29)40)26-9-11-34(46-2)35(18-26)47-3/h4-11,16-19,21-22,24H,12-15,20H2,1-3H3,(H2,40,41)(H,42,45). The number of carbonyl (C=O) groups is 1. The molecule has 1 fully saturated rings. The molecule has 0 saturated carbocycles. The van der Waals surface area contributed by atoms with E-state index in [1.807, 2.05) is 66.2 Å². The van der Waals surface area contributed by atoms with Crippen molar-refractivity contribution in [3.63, 3.8) is 0 Å². The number of pyridine rings is 2. The Morgan fingerprint density at radius 3 is 2.33 bits per heavy atom. The van der Waals surface area contributed by atoms with Gasteiger partial charge >= 0.3 is 0 Å². The fourth-order valence-corrected chi connectivity index (χ4v) is 6.15. The first-order chi connectivity index (χ1) is 23.2. The molecule has 1 amide bonds. The molecule has 0 spiro atoms. The summed E-state index contributed by atoms with van der Waals surface area (Å²) in [6.07, 6.45) is 7.02. The number of nitrogens with two attached hydrogens (primary N) is 1. The maximum Gasteiger partial charge on any atom is 0.261 e. The summed E-state index contributed by atoms with van der Waals surface area (Å²) >= 11 is 6.73. The monoisotopic (exact) mass is 664 g/mol. The van der Waals surface area contributed by atoms with Crippen LogP contribution < -0.4 is 26.0 Å². The number of nitrogens with zero attached hydrogens (tertiary/aromatic N) is 2. The molecule has 3 aromatic carbocycles. The van der Waals surface area contributed by atoms with E-state index < -0.39 is 5.91 Å². The summed E-state index contributed by atoms with van der Waals surface area (Å²) in [4.78, 5) is 31.9. The third-order valence-electron chi connectivity index (χ3n) is 8.66. The van der Waals surface area contributed by atoms with Crippen LogP contribution in [0, 0.1) is 12.8 Å². The molecule has 246 valence electrons. The zero-order chi connectivity index (χ0) is 33.8. The highest BCUT2D eigenvalue weighted by Gasteiger charge is 2.21. The number of anilines is 2. The SMILES string of the molecule is COc1ccc(-c2cnc(N)c(-c3ccc(NC(=O)c4cn(CC5CCOCC5)cc(-c5ccc(C)cc5)c4=O)c(Cl)c3)c2)cc1OC. The van der Waals surface area contributed by atoms with Crippen LogP contribution in [-0.2, 0) is 11.3 Å². The molecular formula is C38H37ClN4O5. The number of nitrogen functional groups attached to an aromatic ring is 1. The molecule has 1 aliphatic rings. The number of nitrogens with one attached hydrogen (secondary N) is 1. The number of methoxy groups -OCH3 is 2. The van der Waals surface area contributed by atoms with Crippen molar-refractivity contribution in [3.8, 4) is 44.9 Å². The van der Waals surface area contributed by atoms with Crippen LogP contribution in [0.4, 0.5) is 11.5 Å². The fraction of sp³-hybridized carbons (Fsp3) is 0.237. The number of halogens is 1. The molecule has 0 bridgehead atoms. The number of carbonyl (C=O) groups excluding carboxylic acids is 1. The fourth-order valence-electron chi connectivity index (χ4n) is 5.92. The van der Waals surface area contributed by atoms with Gasteiger partial charge in [-0.15, -0.1) is 0 Å². The summed E-state index contributed by atoms with van der Waals surface area (Å²) in [6, 6.07) is 20.5. The van der Waals surface area contributed by atoms with Crippen molar-refractivity contribution in [2.75, 3.05) is 38.5 Å². The molecule has 10 heteroatoms. The molecule has 5 aromatic rings. The second-order valence-corrected chi connectivity index (χ2v) is 12.3. The highest BCUT2D eigenvalue weighted by atomic mass is 35.5. The van der Waals surface area contributed by atoms with Gasteiger partial charge in [-0.05, 0) is 72.7 Å². The highest BCUT2D eigenvalue weighted by Crippen LogP contribution is 2.36. The van der Waals surface area contributed by atoms with E-state index in [1.54, 1.807) is 44.8 Å². The molecule has 0 radical (unpaired) electrons. The van der Waals surface area contributed by atoms with Gasteiger partial charge in [-0.3, -0.25) is 9.59 Å². The van der Waals surface area contributed by atoms with Crippen molar-refractivity contribution < 1.29 is 19.0 Å². The molecule has 0 aliphatic carbocycles. The molecule has 2 aromatic heterocycles. The summed E-state index contributed by atoms with van der Waals surface area (Å²) in [7, 11) is 3.17.